The molecule has 30 heavy (non-hydrogen) atoms. The first-order valence-corrected chi connectivity index (χ1v) is 9.44. The monoisotopic (exact) mass is 404 g/mol. The second-order valence-corrected chi connectivity index (χ2v) is 7.11. The number of hydrogen-bond donors (Lipinski definition) is 1. The Bertz CT molecular complexity index is 1240. The van der Waals surface area contributed by atoms with Gasteiger partial charge in [0.2, 0.25) is 17.7 Å². The fourth-order valence-corrected chi connectivity index (χ4v) is 3.77. The summed E-state index contributed by atoms with van der Waals surface area (Å²) in [6.07, 6.45) is 0.125. The van der Waals surface area contributed by atoms with Gasteiger partial charge >= 0.3 is 0 Å². The second kappa shape index (κ2) is 6.84. The van der Waals surface area contributed by atoms with Crippen LogP contribution in [0.15, 0.2) is 52.1 Å². The highest BCUT2D eigenvalue weighted by molar-refractivity contribution is 6.21. The molecule has 2 aliphatic heterocycles. The minimum Gasteiger partial charge on any atom is -0.454 e. The van der Waals surface area contributed by atoms with Gasteiger partial charge in [-0.15, -0.1) is 0 Å². The van der Waals surface area contributed by atoms with Crippen LogP contribution in [0.2, 0.25) is 0 Å². The van der Waals surface area contributed by atoms with E-state index in [9.17, 15) is 19.2 Å². The Morgan fingerprint density at radius 2 is 1.57 bits per heavy atom. The summed E-state index contributed by atoms with van der Waals surface area (Å²) in [6.45, 7) is 0.531. The van der Waals surface area contributed by atoms with Gasteiger partial charge in [0.1, 0.15) is 0 Å². The molecule has 5 rings (SSSR count). The van der Waals surface area contributed by atoms with Crippen molar-refractivity contribution in [2.45, 2.75) is 13.0 Å². The molecule has 0 bridgehead atoms. The first kappa shape index (κ1) is 18.1. The molecule has 0 radical (unpaired) electrons. The number of fused-ring (bicyclic) bond motifs is 2. The van der Waals surface area contributed by atoms with Gasteiger partial charge in [0.05, 0.1) is 16.8 Å². The number of nitrogens with zero attached hydrogens (tertiary/aromatic N) is 1. The van der Waals surface area contributed by atoms with Crippen molar-refractivity contribution in [3.8, 4) is 11.5 Å². The summed E-state index contributed by atoms with van der Waals surface area (Å²) >= 11 is 0. The number of carbonyl (C=O) groups excluding carboxylic acids is 2. The standard InChI is InChI=1S/C22H16N2O6/c25-19-15(7-8-24-21(27)13-3-1-2-4-14(13)22(24)28)18(20(19)26)23-10-12-5-6-16-17(9-12)30-11-29-16/h1-6,9,23H,7-8,10-11H2. The van der Waals surface area contributed by atoms with Crippen molar-refractivity contribution in [2.24, 2.45) is 0 Å². The number of ether oxygens (including phenoxy) is 2. The first-order valence-electron chi connectivity index (χ1n) is 9.44. The lowest BCUT2D eigenvalue weighted by Crippen LogP contribution is -2.41. The van der Waals surface area contributed by atoms with E-state index in [4.69, 9.17) is 9.47 Å². The van der Waals surface area contributed by atoms with Crippen LogP contribution in [0.5, 0.6) is 11.5 Å². The lowest BCUT2D eigenvalue weighted by Gasteiger charge is -2.17. The van der Waals surface area contributed by atoms with Crippen molar-refractivity contribution in [3.63, 3.8) is 0 Å². The minimum absolute atomic E-state index is 0.0376. The third kappa shape index (κ3) is 2.76. The smallest absolute Gasteiger partial charge is 0.261 e. The Kier molecular flexibility index (Phi) is 4.13. The zero-order valence-electron chi connectivity index (χ0n) is 15.8. The topological polar surface area (TPSA) is 102 Å². The summed E-state index contributed by atoms with van der Waals surface area (Å²) < 4.78 is 10.6. The van der Waals surface area contributed by atoms with Crippen LogP contribution in [0.3, 0.4) is 0 Å². The zero-order chi connectivity index (χ0) is 20.8. The van der Waals surface area contributed by atoms with Crippen molar-refractivity contribution >= 4 is 17.5 Å². The van der Waals surface area contributed by atoms with E-state index in [0.29, 0.717) is 34.7 Å². The van der Waals surface area contributed by atoms with Gasteiger partial charge in [0.25, 0.3) is 11.8 Å². The van der Waals surface area contributed by atoms with E-state index in [1.165, 1.54) is 0 Å². The summed E-state index contributed by atoms with van der Waals surface area (Å²) in [5.74, 6) is 0.521. The van der Waals surface area contributed by atoms with Gasteiger partial charge in [0.15, 0.2) is 11.5 Å². The molecule has 0 aliphatic carbocycles. The predicted octanol–water partition coefficient (Wildman–Crippen LogP) is 1.46. The van der Waals surface area contributed by atoms with Crippen molar-refractivity contribution in [1.29, 1.82) is 0 Å². The van der Waals surface area contributed by atoms with Gasteiger partial charge in [-0.1, -0.05) is 18.2 Å². The second-order valence-electron chi connectivity index (χ2n) is 7.11. The molecule has 0 unspecified atom stereocenters. The van der Waals surface area contributed by atoms with Gasteiger partial charge in [-0.2, -0.15) is 0 Å². The van der Waals surface area contributed by atoms with Crippen LogP contribution in [0.25, 0.3) is 0 Å². The highest BCUT2D eigenvalue weighted by Gasteiger charge is 2.35. The van der Waals surface area contributed by atoms with Crippen LogP contribution in [-0.4, -0.2) is 30.1 Å². The van der Waals surface area contributed by atoms with Crippen LogP contribution in [-0.2, 0) is 13.0 Å². The third-order valence-electron chi connectivity index (χ3n) is 5.38. The number of amides is 2. The molecule has 0 atom stereocenters. The van der Waals surface area contributed by atoms with Crippen molar-refractivity contribution in [1.82, 2.24) is 4.90 Å². The van der Waals surface area contributed by atoms with Crippen molar-refractivity contribution in [2.75, 3.05) is 18.7 Å². The Morgan fingerprint density at radius 3 is 2.30 bits per heavy atom. The molecule has 0 saturated carbocycles. The van der Waals surface area contributed by atoms with E-state index in [1.807, 2.05) is 6.07 Å². The van der Waals surface area contributed by atoms with Gasteiger partial charge < -0.3 is 14.8 Å². The van der Waals surface area contributed by atoms with Crippen LogP contribution < -0.4 is 25.6 Å². The third-order valence-corrected chi connectivity index (χ3v) is 5.38. The van der Waals surface area contributed by atoms with E-state index in [-0.39, 0.29) is 37.3 Å². The first-order chi connectivity index (χ1) is 14.5. The molecular weight excluding hydrogens is 388 g/mol. The molecule has 1 N–H and O–H groups in total. The Morgan fingerprint density at radius 1 is 0.867 bits per heavy atom. The van der Waals surface area contributed by atoms with Crippen molar-refractivity contribution in [3.05, 3.63) is 85.2 Å². The highest BCUT2D eigenvalue weighted by atomic mass is 16.7. The van der Waals surface area contributed by atoms with Crippen LogP contribution in [0.1, 0.15) is 31.8 Å². The minimum atomic E-state index is -0.590. The number of hydrogen-bond acceptors (Lipinski definition) is 7. The molecule has 0 saturated heterocycles. The maximum atomic E-state index is 12.5. The SMILES string of the molecule is O=C1c2ccccc2C(=O)N1CCc1c(NCc2ccc3c(c2)OCO3)c(=O)c1=O. The summed E-state index contributed by atoms with van der Waals surface area (Å²) in [6, 6.07) is 12.0. The fourth-order valence-electron chi connectivity index (χ4n) is 3.77. The summed E-state index contributed by atoms with van der Waals surface area (Å²) in [4.78, 5) is 50.1. The van der Waals surface area contributed by atoms with Gasteiger partial charge in [-0.05, 0) is 36.2 Å². The highest BCUT2D eigenvalue weighted by Crippen LogP contribution is 2.32. The number of rotatable bonds is 6. The van der Waals surface area contributed by atoms with E-state index in [2.05, 4.69) is 5.32 Å². The molecular formula is C22H16N2O6. The van der Waals surface area contributed by atoms with E-state index in [1.54, 1.807) is 36.4 Å². The lowest BCUT2D eigenvalue weighted by molar-refractivity contribution is 0.0656. The van der Waals surface area contributed by atoms with E-state index >= 15 is 0 Å². The normalized spacial score (nSPS) is 14.5. The molecule has 150 valence electrons. The molecule has 0 spiro atoms. The molecule has 0 aromatic heterocycles. The van der Waals surface area contributed by atoms with Crippen LogP contribution in [0.4, 0.5) is 5.69 Å². The summed E-state index contributed by atoms with van der Waals surface area (Å²) in [5, 5.41) is 3.00. The van der Waals surface area contributed by atoms with Gasteiger partial charge in [-0.3, -0.25) is 24.1 Å². The maximum Gasteiger partial charge on any atom is 0.261 e. The van der Waals surface area contributed by atoms with Gasteiger partial charge in [0, 0.05) is 18.7 Å². The predicted molar refractivity (Wildman–Crippen MR) is 107 cm³/mol. The fraction of sp³-hybridized carbons (Fsp3) is 0.182. The molecule has 3 aromatic rings. The van der Waals surface area contributed by atoms with Crippen LogP contribution >= 0.6 is 0 Å². The Hall–Kier alpha value is -3.94. The molecule has 0 fully saturated rings. The lowest BCUT2D eigenvalue weighted by atomic mass is 10.0. The number of nitrogens with one attached hydrogen (secondary N) is 1. The molecule has 8 nitrogen and oxygen atoms in total. The Labute approximate surface area is 170 Å². The molecule has 2 aliphatic rings. The Balaban J connectivity index is 1.28. The average Bonchev–Trinajstić information content (AvgIpc) is 3.33. The molecule has 3 aromatic carbocycles. The number of imide groups is 1. The van der Waals surface area contributed by atoms with Crippen LogP contribution in [0, 0.1) is 0 Å². The van der Waals surface area contributed by atoms with Crippen molar-refractivity contribution < 1.29 is 19.1 Å². The zero-order valence-corrected chi connectivity index (χ0v) is 15.8. The number of benzene rings is 2. The summed E-state index contributed by atoms with van der Waals surface area (Å²) in [7, 11) is 0. The van der Waals surface area contributed by atoms with Gasteiger partial charge in [-0.25, -0.2) is 0 Å². The quantitative estimate of drug-likeness (QED) is 0.490. The number of carbonyl (C=O) groups is 2. The molecule has 8 heteroatoms. The average molecular weight is 404 g/mol. The molecule has 2 amide bonds. The van der Waals surface area contributed by atoms with E-state index in [0.717, 1.165) is 10.5 Å². The van der Waals surface area contributed by atoms with E-state index < -0.39 is 10.9 Å². The number of anilines is 1. The molecule has 2 heterocycles. The summed E-state index contributed by atoms with van der Waals surface area (Å²) in [5.41, 5.74) is 0.931. The largest absolute Gasteiger partial charge is 0.454 e. The maximum absolute atomic E-state index is 12.5.